The molecule has 0 atom stereocenters. The minimum absolute atomic E-state index is 0.0887. The maximum absolute atomic E-state index is 13.3. The molecule has 0 spiro atoms. The smallest absolute Gasteiger partial charge is 0.231 e. The second-order valence-corrected chi connectivity index (χ2v) is 8.62. The van der Waals surface area contributed by atoms with E-state index in [1.807, 2.05) is 48.5 Å². The minimum Gasteiger partial charge on any atom is -0.493 e. The molecule has 1 aromatic heterocycles. The molecule has 0 saturated heterocycles. The topological polar surface area (TPSA) is 69.9 Å². The number of carbonyl (C=O) groups excluding carboxylic acids is 1. The Labute approximate surface area is 202 Å². The van der Waals surface area contributed by atoms with Crippen LogP contribution in [0.1, 0.15) is 11.1 Å². The molecule has 35 heavy (non-hydrogen) atoms. The Kier molecular flexibility index (Phi) is 5.17. The molecule has 1 N–H and O–H groups in total. The van der Waals surface area contributed by atoms with E-state index < -0.39 is 0 Å². The van der Waals surface area contributed by atoms with Gasteiger partial charge in [-0.3, -0.25) is 4.79 Å². The summed E-state index contributed by atoms with van der Waals surface area (Å²) in [4.78, 5) is 13.3. The molecule has 6 rings (SSSR count). The number of para-hydroxylation sites is 1. The van der Waals surface area contributed by atoms with Gasteiger partial charge in [-0.05, 0) is 42.0 Å². The molecule has 7 heteroatoms. The van der Waals surface area contributed by atoms with E-state index in [0.717, 1.165) is 57.7 Å². The number of nitrogens with zero attached hydrogens (tertiary/aromatic N) is 1. The summed E-state index contributed by atoms with van der Waals surface area (Å²) >= 11 is 0. The van der Waals surface area contributed by atoms with Crippen LogP contribution in [0.15, 0.2) is 60.8 Å². The van der Waals surface area contributed by atoms with Crippen molar-refractivity contribution in [2.45, 2.75) is 19.4 Å². The van der Waals surface area contributed by atoms with Gasteiger partial charge in [-0.1, -0.05) is 18.2 Å². The van der Waals surface area contributed by atoms with Crippen molar-refractivity contribution in [2.24, 2.45) is 0 Å². The van der Waals surface area contributed by atoms with Gasteiger partial charge in [0.1, 0.15) is 0 Å². The Balaban J connectivity index is 1.56. The fraction of sp³-hybridized carbons (Fsp3) is 0.214. The van der Waals surface area contributed by atoms with Gasteiger partial charge in [0, 0.05) is 23.1 Å². The van der Waals surface area contributed by atoms with Crippen molar-refractivity contribution < 1.29 is 28.3 Å². The molecule has 0 fully saturated rings. The molecule has 7 nitrogen and oxygen atoms in total. The highest BCUT2D eigenvalue weighted by Gasteiger charge is 2.33. The first-order valence-electron chi connectivity index (χ1n) is 11.5. The predicted molar refractivity (Wildman–Crippen MR) is 131 cm³/mol. The molecule has 3 aromatic carbocycles. The number of nitrogens with one attached hydrogen (secondary N) is 1. The summed E-state index contributed by atoms with van der Waals surface area (Å²) < 4.78 is 24.8. The van der Waals surface area contributed by atoms with Crippen LogP contribution >= 0.6 is 0 Å². The Bertz CT molecular complexity index is 1470. The summed E-state index contributed by atoms with van der Waals surface area (Å²) in [5.41, 5.74) is 4.94. The van der Waals surface area contributed by atoms with E-state index in [1.54, 1.807) is 14.2 Å². The van der Waals surface area contributed by atoms with Gasteiger partial charge >= 0.3 is 0 Å². The maximum atomic E-state index is 13.3. The molecule has 0 unspecified atom stereocenters. The van der Waals surface area contributed by atoms with Crippen LogP contribution < -0.4 is 28.8 Å². The molecule has 4 aromatic rings. The van der Waals surface area contributed by atoms with Gasteiger partial charge in [-0.15, -0.1) is 0 Å². The van der Waals surface area contributed by atoms with Gasteiger partial charge in [0.05, 0.1) is 31.6 Å². The van der Waals surface area contributed by atoms with Crippen molar-refractivity contribution in [1.29, 1.82) is 0 Å². The molecule has 2 aliphatic heterocycles. The normalized spacial score (nSPS) is 13.2. The van der Waals surface area contributed by atoms with Gasteiger partial charge in [-0.2, -0.15) is 4.57 Å². The zero-order valence-electron chi connectivity index (χ0n) is 19.6. The molecule has 2 aliphatic rings. The summed E-state index contributed by atoms with van der Waals surface area (Å²) in [6.07, 6.45) is 3.14. The fourth-order valence-electron chi connectivity index (χ4n) is 5.08. The molecule has 1 amide bonds. The Morgan fingerprint density at radius 3 is 2.57 bits per heavy atom. The number of ether oxygens (including phenoxy) is 4. The van der Waals surface area contributed by atoms with Gasteiger partial charge < -0.3 is 24.3 Å². The van der Waals surface area contributed by atoms with Gasteiger partial charge in [-0.25, -0.2) is 0 Å². The van der Waals surface area contributed by atoms with E-state index in [0.29, 0.717) is 11.5 Å². The third-order valence-corrected chi connectivity index (χ3v) is 6.64. The maximum Gasteiger partial charge on any atom is 0.231 e. The summed E-state index contributed by atoms with van der Waals surface area (Å²) in [6.45, 7) is 0.991. The van der Waals surface area contributed by atoms with Crippen LogP contribution in [0.5, 0.6) is 23.0 Å². The highest BCUT2D eigenvalue weighted by Crippen LogP contribution is 2.43. The number of methoxy groups -OCH3 is 2. The summed E-state index contributed by atoms with van der Waals surface area (Å²) in [7, 11) is 3.27. The molecule has 0 saturated carbocycles. The van der Waals surface area contributed by atoms with Crippen molar-refractivity contribution >= 4 is 22.4 Å². The third kappa shape index (κ3) is 3.60. The monoisotopic (exact) mass is 469 g/mol. The summed E-state index contributed by atoms with van der Waals surface area (Å²) in [5.74, 6) is 2.72. The number of carbonyl (C=O) groups is 1. The third-order valence-electron chi connectivity index (χ3n) is 6.64. The number of amides is 1. The largest absolute Gasteiger partial charge is 0.493 e. The number of hydrogen-bond donors (Lipinski definition) is 1. The SMILES string of the molecule is COc1ccc2c(CC(=O)Nc3ccccc3)c3[n+](cc2c1OC)CCc1cc2c(cc1-3)OCO2. The van der Waals surface area contributed by atoms with E-state index in [4.69, 9.17) is 18.9 Å². The predicted octanol–water partition coefficient (Wildman–Crippen LogP) is 4.28. The summed E-state index contributed by atoms with van der Waals surface area (Å²) in [5, 5.41) is 4.88. The molecule has 0 aliphatic carbocycles. The average Bonchev–Trinajstić information content (AvgIpc) is 3.34. The van der Waals surface area contributed by atoms with Crippen molar-refractivity contribution in [3.05, 3.63) is 71.9 Å². The average molecular weight is 470 g/mol. The Morgan fingerprint density at radius 2 is 1.80 bits per heavy atom. The molecule has 176 valence electrons. The Morgan fingerprint density at radius 1 is 1.00 bits per heavy atom. The first-order chi connectivity index (χ1) is 17.2. The zero-order chi connectivity index (χ0) is 23.9. The lowest BCUT2D eigenvalue weighted by atomic mass is 9.89. The number of anilines is 1. The van der Waals surface area contributed by atoms with Crippen LogP contribution in [-0.2, 0) is 24.2 Å². The van der Waals surface area contributed by atoms with Crippen molar-refractivity contribution in [2.75, 3.05) is 26.3 Å². The molecule has 3 heterocycles. The number of aromatic nitrogens is 1. The second kappa shape index (κ2) is 8.51. The fourth-order valence-corrected chi connectivity index (χ4v) is 5.08. The highest BCUT2D eigenvalue weighted by atomic mass is 16.7. The van der Waals surface area contributed by atoms with Crippen LogP contribution in [0, 0.1) is 0 Å². The van der Waals surface area contributed by atoms with Gasteiger partial charge in [0.15, 0.2) is 35.7 Å². The van der Waals surface area contributed by atoms with E-state index >= 15 is 0 Å². The molecule has 0 bridgehead atoms. The number of aryl methyl sites for hydroxylation is 2. The van der Waals surface area contributed by atoms with E-state index in [1.165, 1.54) is 5.56 Å². The highest BCUT2D eigenvalue weighted by molar-refractivity contribution is 6.00. The molecular formula is C28H25N2O5+. The van der Waals surface area contributed by atoms with Crippen LogP contribution in [0.25, 0.3) is 22.0 Å². The van der Waals surface area contributed by atoms with Gasteiger partial charge in [0.2, 0.25) is 18.4 Å². The van der Waals surface area contributed by atoms with Crippen LogP contribution in [-0.4, -0.2) is 26.9 Å². The number of benzene rings is 3. The lowest BCUT2D eigenvalue weighted by Crippen LogP contribution is -2.41. The number of hydrogen-bond acceptors (Lipinski definition) is 5. The van der Waals surface area contributed by atoms with Crippen LogP contribution in [0.4, 0.5) is 5.69 Å². The Hall–Kier alpha value is -4.26. The van der Waals surface area contributed by atoms with Gasteiger partial charge in [0.25, 0.3) is 0 Å². The first kappa shape index (κ1) is 21.3. The number of fused-ring (bicyclic) bond motifs is 5. The molecule has 0 radical (unpaired) electrons. The lowest BCUT2D eigenvalue weighted by molar-refractivity contribution is -0.686. The van der Waals surface area contributed by atoms with E-state index in [2.05, 4.69) is 22.1 Å². The minimum atomic E-state index is -0.0887. The van der Waals surface area contributed by atoms with E-state index in [-0.39, 0.29) is 19.1 Å². The van der Waals surface area contributed by atoms with Crippen molar-refractivity contribution in [1.82, 2.24) is 0 Å². The molecular weight excluding hydrogens is 444 g/mol. The van der Waals surface area contributed by atoms with Crippen LogP contribution in [0.2, 0.25) is 0 Å². The zero-order valence-corrected chi connectivity index (χ0v) is 19.6. The second-order valence-electron chi connectivity index (χ2n) is 8.62. The first-order valence-corrected chi connectivity index (χ1v) is 11.5. The number of rotatable bonds is 5. The van der Waals surface area contributed by atoms with Crippen molar-refractivity contribution in [3.63, 3.8) is 0 Å². The van der Waals surface area contributed by atoms with E-state index in [9.17, 15) is 4.79 Å². The van der Waals surface area contributed by atoms with Crippen molar-refractivity contribution in [3.8, 4) is 34.3 Å². The summed E-state index contributed by atoms with van der Waals surface area (Å²) in [6, 6.07) is 17.5. The number of pyridine rings is 1. The quantitative estimate of drug-likeness (QED) is 0.442. The lowest BCUT2D eigenvalue weighted by Gasteiger charge is -2.21. The van der Waals surface area contributed by atoms with Crippen LogP contribution in [0.3, 0.4) is 0 Å². The standard InChI is InChI=1S/C28H24N2O5/c1-32-23-9-8-19-21(14-26(31)29-18-6-4-3-5-7-18)27-20-13-25-24(34-16-35-25)12-17(20)10-11-30(27)15-22(19)28(23)33-2/h3-9,12-13,15H,10-11,14,16H2,1-2H3/p+1.